The average molecular weight is 200 g/mol. The highest BCUT2D eigenvalue weighted by Crippen LogP contribution is 2.16. The van der Waals surface area contributed by atoms with Gasteiger partial charge >= 0.3 is 18.1 Å². The van der Waals surface area contributed by atoms with Gasteiger partial charge in [0, 0.05) is 6.61 Å². The summed E-state index contributed by atoms with van der Waals surface area (Å²) in [6.45, 7) is 1.02. The van der Waals surface area contributed by atoms with E-state index >= 15 is 0 Å². The summed E-state index contributed by atoms with van der Waals surface area (Å²) in [7, 11) is 0. The Balaban J connectivity index is 3.86. The Morgan fingerprint density at radius 1 is 1.31 bits per heavy atom. The fourth-order valence-electron chi connectivity index (χ4n) is 0.376. The smallest absolute Gasteiger partial charge is 0.385 e. The first-order valence-electron chi connectivity index (χ1n) is 3.27. The summed E-state index contributed by atoms with van der Waals surface area (Å²) in [5, 5.41) is 0. The van der Waals surface area contributed by atoms with E-state index in [4.69, 9.17) is 0 Å². The molecule has 0 bridgehead atoms. The minimum absolute atomic E-state index is 0.148. The van der Waals surface area contributed by atoms with Crippen molar-refractivity contribution in [2.75, 3.05) is 13.2 Å². The third-order valence-electron chi connectivity index (χ3n) is 0.862. The van der Waals surface area contributed by atoms with Crippen molar-refractivity contribution >= 4 is 11.9 Å². The summed E-state index contributed by atoms with van der Waals surface area (Å²) in [5.74, 6) is -3.89. The van der Waals surface area contributed by atoms with Gasteiger partial charge in [-0.15, -0.1) is 0 Å². The molecule has 7 heteroatoms. The van der Waals surface area contributed by atoms with Crippen molar-refractivity contribution in [3.05, 3.63) is 0 Å². The number of ether oxygens (including phenoxy) is 2. The van der Waals surface area contributed by atoms with Crippen LogP contribution >= 0.6 is 0 Å². The minimum Gasteiger partial charge on any atom is -0.385 e. The number of rotatable bonds is 3. The van der Waals surface area contributed by atoms with E-state index in [2.05, 4.69) is 9.47 Å². The van der Waals surface area contributed by atoms with Gasteiger partial charge in [-0.2, -0.15) is 13.2 Å². The van der Waals surface area contributed by atoms with Crippen LogP contribution in [0.15, 0.2) is 0 Å². The summed E-state index contributed by atoms with van der Waals surface area (Å²) in [4.78, 5) is 20.4. The van der Waals surface area contributed by atoms with Crippen LogP contribution in [0, 0.1) is 0 Å². The molecule has 13 heavy (non-hydrogen) atoms. The highest BCUT2D eigenvalue weighted by Gasteiger charge is 2.42. The zero-order valence-electron chi connectivity index (χ0n) is 6.68. The van der Waals surface area contributed by atoms with Gasteiger partial charge < -0.3 is 9.47 Å². The maximum atomic E-state index is 11.5. The van der Waals surface area contributed by atoms with Crippen molar-refractivity contribution in [1.29, 1.82) is 0 Å². The number of esters is 2. The third kappa shape index (κ3) is 5.18. The van der Waals surface area contributed by atoms with Crippen LogP contribution in [-0.2, 0) is 19.1 Å². The van der Waals surface area contributed by atoms with Crippen molar-refractivity contribution in [2.45, 2.75) is 13.1 Å². The van der Waals surface area contributed by atoms with Gasteiger partial charge in [-0.1, -0.05) is 0 Å². The lowest BCUT2D eigenvalue weighted by Gasteiger charge is -2.04. The number of hydrogen-bond donors (Lipinski definition) is 0. The van der Waals surface area contributed by atoms with Crippen LogP contribution in [0.1, 0.15) is 6.92 Å². The molecule has 0 aliphatic rings. The Bertz CT molecular complexity index is 199. The summed E-state index contributed by atoms with van der Waals surface area (Å²) in [5.41, 5.74) is 0. The van der Waals surface area contributed by atoms with Crippen LogP contribution in [-0.4, -0.2) is 31.3 Å². The van der Waals surface area contributed by atoms with Crippen LogP contribution in [0.25, 0.3) is 0 Å². The van der Waals surface area contributed by atoms with E-state index in [1.54, 1.807) is 6.92 Å². The number of carbonyl (C=O) groups excluding carboxylic acids is 2. The predicted molar refractivity (Wildman–Crippen MR) is 33.6 cm³/mol. The van der Waals surface area contributed by atoms with Gasteiger partial charge in [-0.25, -0.2) is 9.59 Å². The van der Waals surface area contributed by atoms with Crippen LogP contribution in [0.4, 0.5) is 13.2 Å². The van der Waals surface area contributed by atoms with Crippen molar-refractivity contribution in [2.24, 2.45) is 0 Å². The maximum absolute atomic E-state index is 11.5. The third-order valence-corrected chi connectivity index (χ3v) is 0.862. The fraction of sp³-hybridized carbons (Fsp3) is 0.667. The fourth-order valence-corrected chi connectivity index (χ4v) is 0.376. The molecule has 76 valence electrons. The first-order chi connectivity index (χ1) is 5.88. The first-order valence-corrected chi connectivity index (χ1v) is 3.27. The average Bonchev–Trinajstić information content (AvgIpc) is 1.99. The van der Waals surface area contributed by atoms with E-state index < -0.39 is 24.7 Å². The topological polar surface area (TPSA) is 52.6 Å². The first kappa shape index (κ1) is 11.9. The van der Waals surface area contributed by atoms with E-state index in [-0.39, 0.29) is 6.61 Å². The molecule has 0 rings (SSSR count). The van der Waals surface area contributed by atoms with Crippen molar-refractivity contribution < 1.29 is 32.2 Å². The lowest BCUT2D eigenvalue weighted by Crippen LogP contribution is -2.29. The molecule has 0 radical (unpaired) electrons. The summed E-state index contributed by atoms with van der Waals surface area (Å²) >= 11 is 0. The maximum Gasteiger partial charge on any atom is 0.491 e. The standard InChI is InChI=1S/C6H7F3O4/c1-2-12-3-4(10)13-5(11)6(7,8)9/h2-3H2,1H3. The molecule has 0 spiro atoms. The molecule has 0 saturated carbocycles. The highest BCUT2D eigenvalue weighted by molar-refractivity contribution is 5.88. The quantitative estimate of drug-likeness (QED) is 0.496. The molecule has 0 unspecified atom stereocenters. The van der Waals surface area contributed by atoms with Crippen molar-refractivity contribution in [3.63, 3.8) is 0 Å². The van der Waals surface area contributed by atoms with Crippen molar-refractivity contribution in [1.82, 2.24) is 0 Å². The van der Waals surface area contributed by atoms with Gasteiger partial charge in [-0.05, 0) is 6.92 Å². The van der Waals surface area contributed by atoms with Gasteiger partial charge in [0.2, 0.25) is 0 Å². The van der Waals surface area contributed by atoms with Gasteiger partial charge in [0.1, 0.15) is 6.61 Å². The van der Waals surface area contributed by atoms with Gasteiger partial charge in [-0.3, -0.25) is 0 Å². The number of carbonyl (C=O) groups is 2. The SMILES string of the molecule is CCOCC(=O)OC(=O)C(F)(F)F. The zero-order chi connectivity index (χ0) is 10.5. The Labute approximate surface area is 71.6 Å². The van der Waals surface area contributed by atoms with Gasteiger partial charge in [0.15, 0.2) is 0 Å². The molecule has 0 amide bonds. The summed E-state index contributed by atoms with van der Waals surface area (Å²) in [6.07, 6.45) is -5.15. The Morgan fingerprint density at radius 3 is 2.23 bits per heavy atom. The molecule has 0 aromatic rings. The number of hydrogen-bond acceptors (Lipinski definition) is 4. The van der Waals surface area contributed by atoms with E-state index in [0.29, 0.717) is 0 Å². The summed E-state index contributed by atoms with van der Waals surface area (Å²) < 4.78 is 42.2. The normalized spacial score (nSPS) is 11.1. The Morgan fingerprint density at radius 2 is 1.85 bits per heavy atom. The second-order valence-electron chi connectivity index (χ2n) is 1.90. The molecule has 0 aliphatic carbocycles. The molecule has 0 heterocycles. The zero-order valence-corrected chi connectivity index (χ0v) is 6.68. The summed E-state index contributed by atoms with van der Waals surface area (Å²) in [6, 6.07) is 0. The van der Waals surface area contributed by atoms with Crippen LogP contribution in [0.2, 0.25) is 0 Å². The van der Waals surface area contributed by atoms with E-state index in [9.17, 15) is 22.8 Å². The largest absolute Gasteiger partial charge is 0.491 e. The molecule has 0 saturated heterocycles. The van der Waals surface area contributed by atoms with Crippen molar-refractivity contribution in [3.8, 4) is 0 Å². The molecule has 0 atom stereocenters. The molecule has 0 aliphatic heterocycles. The molecule has 0 aromatic carbocycles. The lowest BCUT2D eigenvalue weighted by molar-refractivity contribution is -0.203. The highest BCUT2D eigenvalue weighted by atomic mass is 19.4. The van der Waals surface area contributed by atoms with Gasteiger partial charge in [0.05, 0.1) is 0 Å². The minimum atomic E-state index is -5.15. The van der Waals surface area contributed by atoms with E-state index in [1.807, 2.05) is 0 Å². The molecular weight excluding hydrogens is 193 g/mol. The molecule has 0 fully saturated rings. The second-order valence-corrected chi connectivity index (χ2v) is 1.90. The number of alkyl halides is 3. The monoisotopic (exact) mass is 200 g/mol. The van der Waals surface area contributed by atoms with Crippen LogP contribution < -0.4 is 0 Å². The predicted octanol–water partition coefficient (Wildman–Crippen LogP) is 0.655. The second kappa shape index (κ2) is 4.80. The van der Waals surface area contributed by atoms with Crippen LogP contribution in [0.3, 0.4) is 0 Å². The van der Waals surface area contributed by atoms with E-state index in [1.165, 1.54) is 0 Å². The Kier molecular flexibility index (Phi) is 4.39. The Hall–Kier alpha value is -1.11. The number of halogens is 3. The molecular formula is C6H7F3O4. The lowest BCUT2D eigenvalue weighted by atomic mass is 10.6. The molecule has 0 aromatic heterocycles. The molecule has 0 N–H and O–H groups in total. The van der Waals surface area contributed by atoms with E-state index in [0.717, 1.165) is 0 Å². The molecule has 4 nitrogen and oxygen atoms in total. The van der Waals surface area contributed by atoms with Gasteiger partial charge in [0.25, 0.3) is 0 Å². The van der Waals surface area contributed by atoms with Crippen LogP contribution in [0.5, 0.6) is 0 Å².